The molecule has 1 saturated heterocycles. The van der Waals surface area contributed by atoms with E-state index in [1.165, 1.54) is 0 Å². The molecule has 1 aliphatic heterocycles. The van der Waals surface area contributed by atoms with Gasteiger partial charge in [0.2, 0.25) is 11.8 Å². The van der Waals surface area contributed by atoms with E-state index < -0.39 is 0 Å². The summed E-state index contributed by atoms with van der Waals surface area (Å²) in [5, 5.41) is 5.71. The summed E-state index contributed by atoms with van der Waals surface area (Å²) >= 11 is 1.77. The predicted octanol–water partition coefficient (Wildman–Crippen LogP) is -0.714. The Morgan fingerprint density at radius 1 is 1.56 bits per heavy atom. The number of nitrogens with one attached hydrogen (secondary N) is 2. The molecule has 0 aliphatic carbocycles. The minimum absolute atomic E-state index is 0.0262. The van der Waals surface area contributed by atoms with Crippen molar-refractivity contribution in [1.82, 2.24) is 15.5 Å². The maximum absolute atomic E-state index is 12.1. The normalized spacial score (nSPS) is 20.2. The van der Waals surface area contributed by atoms with Crippen LogP contribution < -0.4 is 10.6 Å². The Balaban J connectivity index is 2.50. The van der Waals surface area contributed by atoms with Crippen molar-refractivity contribution in [2.24, 2.45) is 0 Å². The lowest BCUT2D eigenvalue weighted by Gasteiger charge is -2.28. The lowest BCUT2D eigenvalue weighted by atomic mass is 10.2. The monoisotopic (exact) mass is 245 g/mol. The molecule has 1 rings (SSSR count). The number of carbonyl (C=O) groups is 2. The molecule has 0 aromatic heterocycles. The minimum atomic E-state index is -0.136. The molecule has 0 spiro atoms. The minimum Gasteiger partial charge on any atom is -0.358 e. The summed E-state index contributed by atoms with van der Waals surface area (Å²) in [4.78, 5) is 24.9. The van der Waals surface area contributed by atoms with Crippen molar-refractivity contribution in [3.8, 4) is 0 Å². The third-order valence-corrected chi connectivity index (χ3v) is 3.59. The zero-order valence-corrected chi connectivity index (χ0v) is 10.6. The van der Waals surface area contributed by atoms with Gasteiger partial charge in [0.1, 0.15) is 0 Å². The topological polar surface area (TPSA) is 61.4 Å². The highest BCUT2D eigenvalue weighted by Crippen LogP contribution is 2.09. The third-order valence-electron chi connectivity index (χ3n) is 2.53. The zero-order valence-electron chi connectivity index (χ0n) is 9.78. The van der Waals surface area contributed by atoms with Gasteiger partial charge < -0.3 is 15.5 Å². The highest BCUT2D eigenvalue weighted by molar-refractivity contribution is 7.99. The van der Waals surface area contributed by atoms with Crippen LogP contribution in [-0.4, -0.2) is 60.9 Å². The van der Waals surface area contributed by atoms with Crippen molar-refractivity contribution >= 4 is 23.6 Å². The van der Waals surface area contributed by atoms with E-state index in [4.69, 9.17) is 0 Å². The Morgan fingerprint density at radius 2 is 2.31 bits per heavy atom. The fourth-order valence-electron chi connectivity index (χ4n) is 1.54. The number of amides is 2. The molecule has 0 aromatic rings. The molecule has 16 heavy (non-hydrogen) atoms. The molecule has 2 amide bonds. The average molecular weight is 245 g/mol. The van der Waals surface area contributed by atoms with Crippen LogP contribution in [0.2, 0.25) is 0 Å². The second-order valence-corrected chi connectivity index (χ2v) is 4.76. The van der Waals surface area contributed by atoms with Gasteiger partial charge in [0.25, 0.3) is 0 Å². The Morgan fingerprint density at radius 3 is 2.81 bits per heavy atom. The van der Waals surface area contributed by atoms with Crippen LogP contribution in [0.25, 0.3) is 0 Å². The largest absolute Gasteiger partial charge is 0.358 e. The van der Waals surface area contributed by atoms with Crippen molar-refractivity contribution in [1.29, 1.82) is 0 Å². The molecule has 1 aliphatic rings. The van der Waals surface area contributed by atoms with Crippen molar-refractivity contribution in [2.75, 3.05) is 38.2 Å². The van der Waals surface area contributed by atoms with Gasteiger partial charge in [-0.3, -0.25) is 9.59 Å². The summed E-state index contributed by atoms with van der Waals surface area (Å²) < 4.78 is 0. The Kier molecular flexibility index (Phi) is 5.62. The maximum atomic E-state index is 12.1. The average Bonchev–Trinajstić information content (AvgIpc) is 2.35. The fourth-order valence-corrected chi connectivity index (χ4v) is 2.47. The fraction of sp³-hybridized carbons (Fsp3) is 0.800. The molecule has 1 unspecified atom stereocenters. The number of likely N-dealkylation sites (N-methyl/N-ethyl adjacent to an activating group) is 2. The first-order chi connectivity index (χ1) is 7.69. The van der Waals surface area contributed by atoms with Gasteiger partial charge in [-0.15, -0.1) is 0 Å². The molecule has 0 radical (unpaired) electrons. The van der Waals surface area contributed by atoms with Crippen LogP contribution in [-0.2, 0) is 9.59 Å². The van der Waals surface area contributed by atoms with Crippen LogP contribution in [0.5, 0.6) is 0 Å². The Bertz CT molecular complexity index is 254. The molecule has 5 nitrogen and oxygen atoms in total. The molecule has 2 N–H and O–H groups in total. The molecule has 1 fully saturated rings. The highest BCUT2D eigenvalue weighted by Gasteiger charge is 2.25. The van der Waals surface area contributed by atoms with Gasteiger partial charge in [0.15, 0.2) is 0 Å². The Hall–Kier alpha value is -0.750. The van der Waals surface area contributed by atoms with Gasteiger partial charge >= 0.3 is 0 Å². The van der Waals surface area contributed by atoms with E-state index in [9.17, 15) is 9.59 Å². The summed E-state index contributed by atoms with van der Waals surface area (Å²) in [5.41, 5.74) is 0. The van der Waals surface area contributed by atoms with Crippen molar-refractivity contribution in [2.45, 2.75) is 13.0 Å². The number of hydrogen-bond donors (Lipinski definition) is 2. The van der Waals surface area contributed by atoms with E-state index >= 15 is 0 Å². The van der Waals surface area contributed by atoms with E-state index in [1.807, 2.05) is 6.92 Å². The SMILES string of the molecule is CCN(CC(=O)NC)C(=O)C1CSCCN1. The van der Waals surface area contributed by atoms with E-state index in [2.05, 4.69) is 10.6 Å². The van der Waals surface area contributed by atoms with Crippen molar-refractivity contribution in [3.05, 3.63) is 0 Å². The molecule has 0 aromatic carbocycles. The predicted molar refractivity (Wildman–Crippen MR) is 65.4 cm³/mol. The number of carbonyl (C=O) groups excluding carboxylic acids is 2. The van der Waals surface area contributed by atoms with Gasteiger partial charge in [-0.05, 0) is 6.92 Å². The van der Waals surface area contributed by atoms with Crippen LogP contribution in [0.4, 0.5) is 0 Å². The number of rotatable bonds is 4. The molecular weight excluding hydrogens is 226 g/mol. The highest BCUT2D eigenvalue weighted by atomic mass is 32.2. The van der Waals surface area contributed by atoms with E-state index in [1.54, 1.807) is 23.7 Å². The van der Waals surface area contributed by atoms with E-state index in [-0.39, 0.29) is 24.4 Å². The standard InChI is InChI=1S/C10H19N3O2S/c1-3-13(6-9(14)11-2)10(15)8-7-16-5-4-12-8/h8,12H,3-7H2,1-2H3,(H,11,14). The van der Waals surface area contributed by atoms with Crippen molar-refractivity contribution < 1.29 is 9.59 Å². The summed E-state index contributed by atoms with van der Waals surface area (Å²) in [7, 11) is 1.58. The van der Waals surface area contributed by atoms with Crippen LogP contribution >= 0.6 is 11.8 Å². The van der Waals surface area contributed by atoms with E-state index in [0.717, 1.165) is 18.1 Å². The quantitative estimate of drug-likeness (QED) is 0.686. The smallest absolute Gasteiger partial charge is 0.241 e. The third kappa shape index (κ3) is 3.68. The first-order valence-corrected chi connectivity index (χ1v) is 6.65. The van der Waals surface area contributed by atoms with Gasteiger partial charge in [0.05, 0.1) is 12.6 Å². The summed E-state index contributed by atoms with van der Waals surface area (Å²) in [6.45, 7) is 3.46. The molecular formula is C10H19N3O2S. The van der Waals surface area contributed by atoms with Crippen LogP contribution in [0.15, 0.2) is 0 Å². The first kappa shape index (κ1) is 13.3. The maximum Gasteiger partial charge on any atom is 0.241 e. The van der Waals surface area contributed by atoms with Crippen LogP contribution in [0, 0.1) is 0 Å². The van der Waals surface area contributed by atoms with Crippen LogP contribution in [0.1, 0.15) is 6.92 Å². The van der Waals surface area contributed by atoms with Gasteiger partial charge in [0, 0.05) is 31.6 Å². The Labute approximate surface area is 100 Å². The van der Waals surface area contributed by atoms with Gasteiger partial charge in [-0.1, -0.05) is 0 Å². The summed E-state index contributed by atoms with van der Waals surface area (Å²) in [6.07, 6.45) is 0. The zero-order chi connectivity index (χ0) is 12.0. The molecule has 1 heterocycles. The number of nitrogens with zero attached hydrogens (tertiary/aromatic N) is 1. The molecule has 0 bridgehead atoms. The number of hydrogen-bond acceptors (Lipinski definition) is 4. The lowest BCUT2D eigenvalue weighted by Crippen LogP contribution is -2.52. The lowest BCUT2D eigenvalue weighted by molar-refractivity contribution is -0.137. The molecule has 92 valence electrons. The molecule has 1 atom stereocenters. The summed E-state index contributed by atoms with van der Waals surface area (Å²) in [6, 6.07) is -0.136. The number of thioether (sulfide) groups is 1. The van der Waals surface area contributed by atoms with Crippen LogP contribution in [0.3, 0.4) is 0 Å². The van der Waals surface area contributed by atoms with Crippen molar-refractivity contribution in [3.63, 3.8) is 0 Å². The van der Waals surface area contributed by atoms with Gasteiger partial charge in [-0.2, -0.15) is 11.8 Å². The van der Waals surface area contributed by atoms with Gasteiger partial charge in [-0.25, -0.2) is 0 Å². The first-order valence-electron chi connectivity index (χ1n) is 5.49. The second kappa shape index (κ2) is 6.75. The summed E-state index contributed by atoms with van der Waals surface area (Å²) in [5.74, 6) is 1.74. The molecule has 0 saturated carbocycles. The van der Waals surface area contributed by atoms with E-state index in [0.29, 0.717) is 6.54 Å². The molecule has 6 heteroatoms. The second-order valence-electron chi connectivity index (χ2n) is 3.61.